The maximum atomic E-state index is 12.1. The highest BCUT2D eigenvalue weighted by atomic mass is 16.5. The van der Waals surface area contributed by atoms with Crippen LogP contribution < -0.4 is 0 Å². The maximum absolute atomic E-state index is 12.1. The Labute approximate surface area is 94.2 Å². The summed E-state index contributed by atoms with van der Waals surface area (Å²) in [7, 11) is 0. The van der Waals surface area contributed by atoms with Gasteiger partial charge < -0.3 is 9.64 Å². The lowest BCUT2D eigenvalue weighted by molar-refractivity contribution is -0.141. The molecule has 6 heteroatoms. The lowest BCUT2D eigenvalue weighted by Gasteiger charge is -2.32. The number of rotatable bonds is 2. The molecule has 0 bridgehead atoms. The van der Waals surface area contributed by atoms with Crippen molar-refractivity contribution in [2.45, 2.75) is 26.0 Å². The SMILES string of the molecule is CC1CN(C(=O)C(C)n2cncn2)CCO1. The Balaban J connectivity index is 2.01. The fraction of sp³-hybridized carbons (Fsp3) is 0.700. The zero-order valence-electron chi connectivity index (χ0n) is 9.54. The standard InChI is InChI=1S/C10H16N4O2/c1-8-5-13(3-4-16-8)10(15)9(2)14-7-11-6-12-14/h6-9H,3-5H2,1-2H3. The predicted octanol–water partition coefficient (Wildman–Crippen LogP) is 0.0864. The molecule has 1 saturated heterocycles. The molecule has 0 radical (unpaired) electrons. The molecule has 2 heterocycles. The third kappa shape index (κ3) is 2.21. The molecule has 16 heavy (non-hydrogen) atoms. The van der Waals surface area contributed by atoms with Crippen LogP contribution in [0.3, 0.4) is 0 Å². The van der Waals surface area contributed by atoms with Crippen molar-refractivity contribution in [2.75, 3.05) is 19.7 Å². The molecule has 1 fully saturated rings. The molecular formula is C10H16N4O2. The van der Waals surface area contributed by atoms with Gasteiger partial charge in [-0.05, 0) is 13.8 Å². The van der Waals surface area contributed by atoms with Gasteiger partial charge in [0, 0.05) is 13.1 Å². The second-order valence-corrected chi connectivity index (χ2v) is 4.02. The highest BCUT2D eigenvalue weighted by Gasteiger charge is 2.26. The van der Waals surface area contributed by atoms with Crippen molar-refractivity contribution in [3.05, 3.63) is 12.7 Å². The summed E-state index contributed by atoms with van der Waals surface area (Å²) in [6, 6.07) is -0.298. The van der Waals surface area contributed by atoms with Gasteiger partial charge in [0.15, 0.2) is 0 Å². The minimum absolute atomic E-state index is 0.0700. The highest BCUT2D eigenvalue weighted by Crippen LogP contribution is 2.12. The van der Waals surface area contributed by atoms with E-state index in [1.165, 1.54) is 6.33 Å². The van der Waals surface area contributed by atoms with Crippen LogP contribution >= 0.6 is 0 Å². The summed E-state index contributed by atoms with van der Waals surface area (Å²) in [5.74, 6) is 0.0700. The van der Waals surface area contributed by atoms with Crippen molar-refractivity contribution in [1.29, 1.82) is 0 Å². The van der Waals surface area contributed by atoms with E-state index in [2.05, 4.69) is 10.1 Å². The van der Waals surface area contributed by atoms with E-state index in [1.54, 1.807) is 11.0 Å². The van der Waals surface area contributed by atoms with Crippen molar-refractivity contribution < 1.29 is 9.53 Å². The molecule has 6 nitrogen and oxygen atoms in total. The second-order valence-electron chi connectivity index (χ2n) is 4.02. The summed E-state index contributed by atoms with van der Waals surface area (Å²) in [5, 5.41) is 3.98. The van der Waals surface area contributed by atoms with E-state index in [0.717, 1.165) is 0 Å². The van der Waals surface area contributed by atoms with Gasteiger partial charge in [-0.15, -0.1) is 0 Å². The minimum atomic E-state index is -0.298. The minimum Gasteiger partial charge on any atom is -0.375 e. The van der Waals surface area contributed by atoms with E-state index in [4.69, 9.17) is 4.74 Å². The lowest BCUT2D eigenvalue weighted by Crippen LogP contribution is -2.46. The monoisotopic (exact) mass is 224 g/mol. The molecule has 1 aromatic rings. The van der Waals surface area contributed by atoms with Gasteiger partial charge in [-0.1, -0.05) is 0 Å². The Kier molecular flexibility index (Phi) is 3.19. The summed E-state index contributed by atoms with van der Waals surface area (Å²) in [4.78, 5) is 17.8. The third-order valence-electron chi connectivity index (χ3n) is 2.74. The molecule has 0 spiro atoms. The summed E-state index contributed by atoms with van der Waals surface area (Å²) < 4.78 is 6.97. The average molecular weight is 224 g/mol. The molecule has 0 aromatic carbocycles. The number of amides is 1. The van der Waals surface area contributed by atoms with Crippen LogP contribution in [0.15, 0.2) is 12.7 Å². The number of hydrogen-bond donors (Lipinski definition) is 0. The van der Waals surface area contributed by atoms with Gasteiger partial charge in [0.2, 0.25) is 5.91 Å². The number of ether oxygens (including phenoxy) is 1. The van der Waals surface area contributed by atoms with Gasteiger partial charge in [0.1, 0.15) is 18.7 Å². The third-order valence-corrected chi connectivity index (χ3v) is 2.74. The molecule has 2 unspecified atom stereocenters. The highest BCUT2D eigenvalue weighted by molar-refractivity contribution is 5.80. The smallest absolute Gasteiger partial charge is 0.247 e. The van der Waals surface area contributed by atoms with E-state index in [1.807, 2.05) is 18.7 Å². The second kappa shape index (κ2) is 4.61. The van der Waals surface area contributed by atoms with Crippen LogP contribution in [-0.4, -0.2) is 51.4 Å². The molecule has 1 aromatic heterocycles. The van der Waals surface area contributed by atoms with Crippen LogP contribution in [0.2, 0.25) is 0 Å². The molecule has 0 aliphatic carbocycles. The Hall–Kier alpha value is -1.43. The van der Waals surface area contributed by atoms with E-state index in [0.29, 0.717) is 19.7 Å². The first kappa shape index (κ1) is 11.1. The fourth-order valence-electron chi connectivity index (χ4n) is 1.81. The van der Waals surface area contributed by atoms with Gasteiger partial charge in [0.25, 0.3) is 0 Å². The largest absolute Gasteiger partial charge is 0.375 e. The summed E-state index contributed by atoms with van der Waals surface area (Å²) in [5.41, 5.74) is 0. The quantitative estimate of drug-likeness (QED) is 0.714. The first-order valence-corrected chi connectivity index (χ1v) is 5.43. The van der Waals surface area contributed by atoms with E-state index >= 15 is 0 Å². The van der Waals surface area contributed by atoms with Crippen molar-refractivity contribution >= 4 is 5.91 Å². The number of carbonyl (C=O) groups excluding carboxylic acids is 1. The Morgan fingerprint density at radius 1 is 1.62 bits per heavy atom. The van der Waals surface area contributed by atoms with Crippen LogP contribution in [0.4, 0.5) is 0 Å². The Bertz CT molecular complexity index is 352. The van der Waals surface area contributed by atoms with Crippen LogP contribution in [0, 0.1) is 0 Å². The summed E-state index contributed by atoms with van der Waals surface area (Å²) in [6.45, 7) is 5.72. The van der Waals surface area contributed by atoms with Crippen molar-refractivity contribution in [1.82, 2.24) is 19.7 Å². The van der Waals surface area contributed by atoms with Crippen LogP contribution in [0.25, 0.3) is 0 Å². The van der Waals surface area contributed by atoms with Crippen molar-refractivity contribution in [3.63, 3.8) is 0 Å². The van der Waals surface area contributed by atoms with Gasteiger partial charge in [0.05, 0.1) is 12.7 Å². The molecule has 1 aliphatic heterocycles. The molecule has 2 rings (SSSR count). The number of morpholine rings is 1. The number of hydrogen-bond acceptors (Lipinski definition) is 4. The topological polar surface area (TPSA) is 60.2 Å². The normalized spacial score (nSPS) is 23.1. The summed E-state index contributed by atoms with van der Waals surface area (Å²) in [6.07, 6.45) is 3.11. The average Bonchev–Trinajstić information content (AvgIpc) is 2.80. The predicted molar refractivity (Wildman–Crippen MR) is 56.7 cm³/mol. The first-order chi connectivity index (χ1) is 7.68. The summed E-state index contributed by atoms with van der Waals surface area (Å²) >= 11 is 0. The van der Waals surface area contributed by atoms with E-state index in [9.17, 15) is 4.79 Å². The lowest BCUT2D eigenvalue weighted by atomic mass is 10.2. The van der Waals surface area contributed by atoms with Crippen molar-refractivity contribution in [2.24, 2.45) is 0 Å². The van der Waals surface area contributed by atoms with Crippen molar-refractivity contribution in [3.8, 4) is 0 Å². The molecule has 88 valence electrons. The van der Waals surface area contributed by atoms with E-state index in [-0.39, 0.29) is 18.1 Å². The maximum Gasteiger partial charge on any atom is 0.247 e. The molecule has 2 atom stereocenters. The van der Waals surface area contributed by atoms with E-state index < -0.39 is 0 Å². The number of aromatic nitrogens is 3. The van der Waals surface area contributed by atoms with Crippen LogP contribution in [-0.2, 0) is 9.53 Å². The van der Waals surface area contributed by atoms with Gasteiger partial charge in [-0.2, -0.15) is 5.10 Å². The molecule has 0 N–H and O–H groups in total. The molecular weight excluding hydrogens is 208 g/mol. The van der Waals surface area contributed by atoms with Crippen LogP contribution in [0.5, 0.6) is 0 Å². The van der Waals surface area contributed by atoms with Gasteiger partial charge in [-0.25, -0.2) is 9.67 Å². The molecule has 1 aliphatic rings. The number of nitrogens with zero attached hydrogens (tertiary/aromatic N) is 4. The van der Waals surface area contributed by atoms with Crippen LogP contribution in [0.1, 0.15) is 19.9 Å². The molecule has 0 saturated carbocycles. The zero-order valence-corrected chi connectivity index (χ0v) is 9.54. The zero-order chi connectivity index (χ0) is 11.5. The van der Waals surface area contributed by atoms with Gasteiger partial charge >= 0.3 is 0 Å². The molecule has 1 amide bonds. The number of carbonyl (C=O) groups is 1. The Morgan fingerprint density at radius 3 is 3.06 bits per heavy atom. The first-order valence-electron chi connectivity index (χ1n) is 5.43. The fourth-order valence-corrected chi connectivity index (χ4v) is 1.81. The van der Waals surface area contributed by atoms with Gasteiger partial charge in [-0.3, -0.25) is 4.79 Å². The Morgan fingerprint density at radius 2 is 2.44 bits per heavy atom.